The van der Waals surface area contributed by atoms with Gasteiger partial charge in [0, 0.05) is 0 Å². The topological polar surface area (TPSA) is 0 Å². The van der Waals surface area contributed by atoms with Gasteiger partial charge >= 0.3 is 0 Å². The Morgan fingerprint density at radius 3 is 1.72 bits per heavy atom. The van der Waals surface area contributed by atoms with Gasteiger partial charge < -0.3 is 0 Å². The molecule has 32 heavy (non-hydrogen) atoms. The summed E-state index contributed by atoms with van der Waals surface area (Å²) in [6, 6.07) is 29.8. The lowest BCUT2D eigenvalue weighted by molar-refractivity contribution is 0.585. The average molecular weight is 447 g/mol. The van der Waals surface area contributed by atoms with E-state index >= 15 is 0 Å². The molecular formula is C29H25ClF2. The van der Waals surface area contributed by atoms with Crippen molar-refractivity contribution in [3.05, 3.63) is 130 Å². The van der Waals surface area contributed by atoms with Crippen LogP contribution in [0.5, 0.6) is 0 Å². The van der Waals surface area contributed by atoms with Crippen molar-refractivity contribution in [2.24, 2.45) is 0 Å². The van der Waals surface area contributed by atoms with Crippen LogP contribution in [0.4, 0.5) is 8.78 Å². The monoisotopic (exact) mass is 446 g/mol. The van der Waals surface area contributed by atoms with E-state index in [1.807, 2.05) is 24.3 Å². The molecule has 0 saturated heterocycles. The zero-order valence-electron chi connectivity index (χ0n) is 18.0. The maximum Gasteiger partial charge on any atom is 0.145 e. The van der Waals surface area contributed by atoms with E-state index in [1.54, 1.807) is 0 Å². The molecule has 0 nitrogen and oxygen atoms in total. The maximum atomic E-state index is 13.7. The van der Waals surface area contributed by atoms with Crippen molar-refractivity contribution in [1.29, 1.82) is 0 Å². The van der Waals surface area contributed by atoms with Crippen LogP contribution >= 0.6 is 11.6 Å². The Hall–Kier alpha value is -2.97. The molecule has 0 saturated carbocycles. The lowest BCUT2D eigenvalue weighted by Crippen LogP contribution is -1.99. The van der Waals surface area contributed by atoms with Crippen molar-refractivity contribution in [2.75, 3.05) is 0 Å². The molecule has 1 atom stereocenters. The number of rotatable bonds is 7. The van der Waals surface area contributed by atoms with Crippen LogP contribution in [0.25, 0.3) is 11.1 Å². The van der Waals surface area contributed by atoms with Crippen molar-refractivity contribution >= 4 is 11.6 Å². The number of halogens is 3. The van der Waals surface area contributed by atoms with Gasteiger partial charge in [-0.3, -0.25) is 0 Å². The minimum atomic E-state index is -0.743. The molecule has 0 aliphatic rings. The Morgan fingerprint density at radius 2 is 1.16 bits per heavy atom. The molecule has 4 aromatic rings. The van der Waals surface area contributed by atoms with Crippen molar-refractivity contribution < 1.29 is 8.78 Å². The van der Waals surface area contributed by atoms with Gasteiger partial charge in [0.25, 0.3) is 0 Å². The molecule has 162 valence electrons. The second-order valence-corrected chi connectivity index (χ2v) is 8.66. The SMILES string of the molecule is CC(Cc1ccc(CCc2ccc(-c3cc(F)c(Cl)c(F)c3)cc2)cc1)c1ccccc1. The first-order chi connectivity index (χ1) is 15.5. The normalized spacial score (nSPS) is 12.0. The summed E-state index contributed by atoms with van der Waals surface area (Å²) in [6.45, 7) is 2.26. The molecule has 4 rings (SSSR count). The van der Waals surface area contributed by atoms with Gasteiger partial charge in [0.1, 0.15) is 16.7 Å². The fourth-order valence-electron chi connectivity index (χ4n) is 3.97. The van der Waals surface area contributed by atoms with E-state index in [0.717, 1.165) is 24.8 Å². The summed E-state index contributed by atoms with van der Waals surface area (Å²) in [5, 5.41) is -0.467. The predicted molar refractivity (Wildman–Crippen MR) is 129 cm³/mol. The van der Waals surface area contributed by atoms with Gasteiger partial charge in [0.15, 0.2) is 0 Å². The van der Waals surface area contributed by atoms with E-state index in [-0.39, 0.29) is 0 Å². The summed E-state index contributed by atoms with van der Waals surface area (Å²) in [6.07, 6.45) is 2.87. The van der Waals surface area contributed by atoms with Crippen molar-refractivity contribution in [3.63, 3.8) is 0 Å². The zero-order chi connectivity index (χ0) is 22.5. The molecule has 0 spiro atoms. The van der Waals surface area contributed by atoms with Gasteiger partial charge in [-0.1, -0.05) is 97.4 Å². The summed E-state index contributed by atoms with van der Waals surface area (Å²) in [5.41, 5.74) is 6.44. The highest BCUT2D eigenvalue weighted by Crippen LogP contribution is 2.27. The average Bonchev–Trinajstić information content (AvgIpc) is 2.82. The third-order valence-electron chi connectivity index (χ3n) is 5.91. The molecule has 0 radical (unpaired) electrons. The highest BCUT2D eigenvalue weighted by molar-refractivity contribution is 6.31. The van der Waals surface area contributed by atoms with E-state index < -0.39 is 16.7 Å². The number of hydrogen-bond donors (Lipinski definition) is 0. The van der Waals surface area contributed by atoms with Gasteiger partial charge in [-0.15, -0.1) is 0 Å². The molecule has 0 bridgehead atoms. The van der Waals surface area contributed by atoms with Gasteiger partial charge in [-0.25, -0.2) is 8.78 Å². The fourth-order valence-corrected chi connectivity index (χ4v) is 4.08. The largest absolute Gasteiger partial charge is 0.205 e. The zero-order valence-corrected chi connectivity index (χ0v) is 18.7. The van der Waals surface area contributed by atoms with Crippen LogP contribution in [0.2, 0.25) is 5.02 Å². The Kier molecular flexibility index (Phi) is 7.02. The van der Waals surface area contributed by atoms with Crippen LogP contribution in [0, 0.1) is 11.6 Å². The highest BCUT2D eigenvalue weighted by atomic mass is 35.5. The number of hydrogen-bond acceptors (Lipinski definition) is 0. The Balaban J connectivity index is 1.35. The van der Waals surface area contributed by atoms with Crippen LogP contribution in [0.1, 0.15) is 35.1 Å². The van der Waals surface area contributed by atoms with Crippen LogP contribution in [-0.2, 0) is 19.3 Å². The first-order valence-corrected chi connectivity index (χ1v) is 11.2. The third kappa shape index (κ3) is 5.44. The molecule has 0 heterocycles. The molecule has 0 amide bonds. The van der Waals surface area contributed by atoms with E-state index in [9.17, 15) is 8.78 Å². The van der Waals surface area contributed by atoms with Crippen LogP contribution < -0.4 is 0 Å². The first kappa shape index (κ1) is 22.2. The van der Waals surface area contributed by atoms with E-state index in [1.165, 1.54) is 34.4 Å². The van der Waals surface area contributed by atoms with Gasteiger partial charge in [-0.2, -0.15) is 0 Å². The number of aryl methyl sites for hydroxylation is 2. The van der Waals surface area contributed by atoms with Crippen LogP contribution in [-0.4, -0.2) is 0 Å². The smallest absolute Gasteiger partial charge is 0.145 e. The molecule has 1 unspecified atom stereocenters. The molecule has 0 N–H and O–H groups in total. The van der Waals surface area contributed by atoms with Gasteiger partial charge in [-0.05, 0) is 70.7 Å². The molecular weight excluding hydrogens is 422 g/mol. The third-order valence-corrected chi connectivity index (χ3v) is 6.27. The highest BCUT2D eigenvalue weighted by Gasteiger charge is 2.10. The molecule has 0 aromatic heterocycles. The summed E-state index contributed by atoms with van der Waals surface area (Å²) in [4.78, 5) is 0. The summed E-state index contributed by atoms with van der Waals surface area (Å²) in [7, 11) is 0. The van der Waals surface area contributed by atoms with E-state index in [0.29, 0.717) is 11.5 Å². The van der Waals surface area contributed by atoms with E-state index in [4.69, 9.17) is 11.6 Å². The van der Waals surface area contributed by atoms with Gasteiger partial charge in [0.05, 0.1) is 0 Å². The quantitative estimate of drug-likeness (QED) is 0.250. The van der Waals surface area contributed by atoms with Crippen LogP contribution in [0.15, 0.2) is 91.0 Å². The Labute approximate surface area is 193 Å². The molecule has 4 aromatic carbocycles. The first-order valence-electron chi connectivity index (χ1n) is 10.9. The maximum absolute atomic E-state index is 13.7. The lowest BCUT2D eigenvalue weighted by atomic mass is 9.93. The second kappa shape index (κ2) is 10.1. The van der Waals surface area contributed by atoms with Crippen molar-refractivity contribution in [3.8, 4) is 11.1 Å². The minimum Gasteiger partial charge on any atom is -0.205 e. The summed E-state index contributed by atoms with van der Waals surface area (Å²) in [5.74, 6) is -0.997. The van der Waals surface area contributed by atoms with Gasteiger partial charge in [0.2, 0.25) is 0 Å². The summed E-state index contributed by atoms with van der Waals surface area (Å²) >= 11 is 5.57. The van der Waals surface area contributed by atoms with Crippen molar-refractivity contribution in [2.45, 2.75) is 32.1 Å². The number of benzene rings is 4. The molecule has 3 heteroatoms. The van der Waals surface area contributed by atoms with E-state index in [2.05, 4.69) is 61.5 Å². The second-order valence-electron chi connectivity index (χ2n) is 8.28. The Morgan fingerprint density at radius 1 is 0.656 bits per heavy atom. The molecule has 0 fully saturated rings. The molecule has 0 aliphatic carbocycles. The molecule has 0 aliphatic heterocycles. The van der Waals surface area contributed by atoms with Crippen molar-refractivity contribution in [1.82, 2.24) is 0 Å². The fraction of sp³-hybridized carbons (Fsp3) is 0.172. The Bertz CT molecular complexity index is 1140. The standard InChI is InChI=1S/C29H25ClF2/c1-20(24-5-3-2-4-6-24)17-23-11-9-21(10-12-23)7-8-22-13-15-25(16-14-22)26-18-27(31)29(30)28(32)19-26/h2-6,9-16,18-20H,7-8,17H2,1H3. The minimum absolute atomic E-state index is 0.467. The predicted octanol–water partition coefficient (Wildman–Crippen LogP) is 8.42. The van der Waals surface area contributed by atoms with Crippen LogP contribution in [0.3, 0.4) is 0 Å². The summed E-state index contributed by atoms with van der Waals surface area (Å²) < 4.78 is 27.5. The lowest BCUT2D eigenvalue weighted by Gasteiger charge is -2.12.